The summed E-state index contributed by atoms with van der Waals surface area (Å²) in [4.78, 5) is 25.5. The first-order valence-corrected chi connectivity index (χ1v) is 7.90. The predicted molar refractivity (Wildman–Crippen MR) is 83.2 cm³/mol. The Morgan fingerprint density at radius 1 is 1.43 bits per heavy atom. The maximum atomic E-state index is 12.0. The summed E-state index contributed by atoms with van der Waals surface area (Å²) in [5, 5.41) is 2.71. The minimum absolute atomic E-state index is 0.000255. The molecule has 5 nitrogen and oxygen atoms in total. The second-order valence-corrected chi connectivity index (χ2v) is 6.25. The van der Waals surface area contributed by atoms with Gasteiger partial charge in [0.2, 0.25) is 11.8 Å². The number of rotatable bonds is 5. The van der Waals surface area contributed by atoms with Gasteiger partial charge in [0.05, 0.1) is 12.9 Å². The largest absolute Gasteiger partial charge is 0.497 e. The van der Waals surface area contributed by atoms with Crippen LogP contribution in [-0.4, -0.2) is 42.2 Å². The van der Waals surface area contributed by atoms with Crippen molar-refractivity contribution in [1.82, 2.24) is 10.2 Å². The second kappa shape index (κ2) is 6.85. The summed E-state index contributed by atoms with van der Waals surface area (Å²) in [7, 11) is 1.62. The van der Waals surface area contributed by atoms with Crippen LogP contribution in [0.1, 0.15) is 24.8 Å². The van der Waals surface area contributed by atoms with Gasteiger partial charge in [-0.15, -0.1) is 11.8 Å². The zero-order valence-corrected chi connectivity index (χ0v) is 13.3. The number of thioether (sulfide) groups is 1. The molecule has 1 fully saturated rings. The molecule has 0 radical (unpaired) electrons. The number of nitrogens with one attached hydrogen (secondary N) is 1. The third kappa shape index (κ3) is 3.91. The fourth-order valence-corrected chi connectivity index (χ4v) is 3.38. The smallest absolute Gasteiger partial charge is 0.239 e. The van der Waals surface area contributed by atoms with Crippen LogP contribution in [0.4, 0.5) is 0 Å². The van der Waals surface area contributed by atoms with Crippen molar-refractivity contribution in [2.75, 3.05) is 19.4 Å². The Hall–Kier alpha value is -1.69. The van der Waals surface area contributed by atoms with Gasteiger partial charge >= 0.3 is 0 Å². The topological polar surface area (TPSA) is 58.6 Å². The average Bonchev–Trinajstić information content (AvgIpc) is 2.79. The molecule has 2 rings (SSSR count). The van der Waals surface area contributed by atoms with E-state index >= 15 is 0 Å². The van der Waals surface area contributed by atoms with Crippen LogP contribution in [0.5, 0.6) is 5.75 Å². The minimum Gasteiger partial charge on any atom is -0.497 e. The number of methoxy groups -OCH3 is 1. The summed E-state index contributed by atoms with van der Waals surface area (Å²) in [6, 6.07) is 7.67. The number of carbonyl (C=O) groups is 2. The number of carbonyl (C=O) groups excluding carboxylic acids is 2. The first kappa shape index (κ1) is 15.7. The summed E-state index contributed by atoms with van der Waals surface area (Å²) in [6.45, 7) is 3.90. The van der Waals surface area contributed by atoms with E-state index in [1.807, 2.05) is 38.1 Å². The molecule has 1 unspecified atom stereocenters. The molecule has 1 N–H and O–H groups in total. The maximum absolute atomic E-state index is 12.0. The van der Waals surface area contributed by atoms with E-state index in [-0.39, 0.29) is 29.8 Å². The Bertz CT molecular complexity index is 516. The molecule has 2 amide bonds. The Morgan fingerprint density at radius 2 is 2.10 bits per heavy atom. The lowest BCUT2D eigenvalue weighted by atomic mass is 10.2. The van der Waals surface area contributed by atoms with Crippen molar-refractivity contribution in [2.24, 2.45) is 0 Å². The van der Waals surface area contributed by atoms with Gasteiger partial charge in [-0.2, -0.15) is 0 Å². The highest BCUT2D eigenvalue weighted by molar-refractivity contribution is 8.00. The van der Waals surface area contributed by atoms with E-state index in [0.29, 0.717) is 5.75 Å². The molecule has 21 heavy (non-hydrogen) atoms. The van der Waals surface area contributed by atoms with Gasteiger partial charge in [-0.1, -0.05) is 12.1 Å². The summed E-state index contributed by atoms with van der Waals surface area (Å²) >= 11 is 1.54. The molecule has 1 saturated heterocycles. The van der Waals surface area contributed by atoms with Crippen molar-refractivity contribution in [1.29, 1.82) is 0 Å². The van der Waals surface area contributed by atoms with E-state index in [1.165, 1.54) is 0 Å². The zero-order chi connectivity index (χ0) is 15.4. The van der Waals surface area contributed by atoms with E-state index in [0.717, 1.165) is 11.3 Å². The lowest BCUT2D eigenvalue weighted by molar-refractivity contribution is -0.134. The molecule has 1 aromatic rings. The Kier molecular flexibility index (Phi) is 5.12. The van der Waals surface area contributed by atoms with Crippen LogP contribution in [0.15, 0.2) is 24.3 Å². The molecule has 1 aromatic carbocycles. The van der Waals surface area contributed by atoms with Crippen LogP contribution in [0.2, 0.25) is 0 Å². The third-order valence-corrected chi connectivity index (χ3v) is 4.39. The summed E-state index contributed by atoms with van der Waals surface area (Å²) in [5.74, 6) is 1.06. The molecule has 0 spiro atoms. The van der Waals surface area contributed by atoms with Crippen LogP contribution in [-0.2, 0) is 9.59 Å². The van der Waals surface area contributed by atoms with Gasteiger partial charge in [-0.3, -0.25) is 9.59 Å². The van der Waals surface area contributed by atoms with Gasteiger partial charge in [0, 0.05) is 6.04 Å². The molecule has 1 atom stereocenters. The Labute approximate surface area is 129 Å². The number of hydrogen-bond acceptors (Lipinski definition) is 4. The number of nitrogens with zero attached hydrogens (tertiary/aromatic N) is 1. The number of benzene rings is 1. The zero-order valence-electron chi connectivity index (χ0n) is 12.5. The predicted octanol–water partition coefficient (Wildman–Crippen LogP) is 1.79. The number of ether oxygens (including phenoxy) is 1. The molecular formula is C15H20N2O3S. The molecule has 1 aliphatic rings. The Balaban J connectivity index is 2.10. The lowest BCUT2D eigenvalue weighted by Crippen LogP contribution is -2.41. The van der Waals surface area contributed by atoms with Gasteiger partial charge < -0.3 is 15.0 Å². The SMILES string of the molecule is COc1ccc(C2SCC(=O)N2CC(=O)NC(C)C)cc1. The lowest BCUT2D eigenvalue weighted by Gasteiger charge is -2.24. The van der Waals surface area contributed by atoms with E-state index in [2.05, 4.69) is 5.32 Å². The monoisotopic (exact) mass is 308 g/mol. The average molecular weight is 308 g/mol. The fraction of sp³-hybridized carbons (Fsp3) is 0.467. The fourth-order valence-electron chi connectivity index (χ4n) is 2.19. The van der Waals surface area contributed by atoms with Crippen LogP contribution < -0.4 is 10.1 Å². The molecule has 0 bridgehead atoms. The quantitative estimate of drug-likeness (QED) is 0.901. The van der Waals surface area contributed by atoms with Crippen molar-refractivity contribution < 1.29 is 14.3 Å². The summed E-state index contributed by atoms with van der Waals surface area (Å²) < 4.78 is 5.14. The molecule has 0 aliphatic carbocycles. The van der Waals surface area contributed by atoms with Gasteiger partial charge in [-0.25, -0.2) is 0 Å². The molecule has 1 aliphatic heterocycles. The van der Waals surface area contributed by atoms with Crippen LogP contribution in [0.3, 0.4) is 0 Å². The standard InChI is InChI=1S/C15H20N2O3S/c1-10(2)16-13(18)8-17-14(19)9-21-15(17)11-4-6-12(20-3)7-5-11/h4-7,10,15H,8-9H2,1-3H3,(H,16,18). The van der Waals surface area contributed by atoms with Gasteiger partial charge in [0.15, 0.2) is 0 Å². The molecule has 0 aromatic heterocycles. The molecule has 6 heteroatoms. The van der Waals surface area contributed by atoms with Crippen LogP contribution in [0, 0.1) is 0 Å². The summed E-state index contributed by atoms with van der Waals surface area (Å²) in [5.41, 5.74) is 1.00. The van der Waals surface area contributed by atoms with Gasteiger partial charge in [-0.05, 0) is 31.5 Å². The van der Waals surface area contributed by atoms with Crippen molar-refractivity contribution in [2.45, 2.75) is 25.3 Å². The van der Waals surface area contributed by atoms with E-state index < -0.39 is 0 Å². The highest BCUT2D eigenvalue weighted by Crippen LogP contribution is 2.38. The second-order valence-electron chi connectivity index (χ2n) is 5.18. The summed E-state index contributed by atoms with van der Waals surface area (Å²) in [6.07, 6.45) is 0. The van der Waals surface area contributed by atoms with E-state index in [4.69, 9.17) is 4.74 Å². The van der Waals surface area contributed by atoms with E-state index in [9.17, 15) is 9.59 Å². The molecule has 0 saturated carbocycles. The van der Waals surface area contributed by atoms with Crippen LogP contribution in [0.25, 0.3) is 0 Å². The van der Waals surface area contributed by atoms with Crippen molar-refractivity contribution in [3.8, 4) is 5.75 Å². The van der Waals surface area contributed by atoms with Gasteiger partial charge in [0.1, 0.15) is 17.7 Å². The Morgan fingerprint density at radius 3 is 2.67 bits per heavy atom. The third-order valence-electron chi connectivity index (χ3n) is 3.13. The number of hydrogen-bond donors (Lipinski definition) is 1. The van der Waals surface area contributed by atoms with Crippen molar-refractivity contribution >= 4 is 23.6 Å². The van der Waals surface area contributed by atoms with Crippen molar-refractivity contribution in [3.05, 3.63) is 29.8 Å². The van der Waals surface area contributed by atoms with Crippen LogP contribution >= 0.6 is 11.8 Å². The van der Waals surface area contributed by atoms with Gasteiger partial charge in [0.25, 0.3) is 0 Å². The molecule has 114 valence electrons. The maximum Gasteiger partial charge on any atom is 0.239 e. The molecular weight excluding hydrogens is 288 g/mol. The highest BCUT2D eigenvalue weighted by Gasteiger charge is 2.34. The first-order chi connectivity index (χ1) is 10.0. The minimum atomic E-state index is -0.126. The molecule has 1 heterocycles. The number of amides is 2. The highest BCUT2D eigenvalue weighted by atomic mass is 32.2. The first-order valence-electron chi connectivity index (χ1n) is 6.85. The van der Waals surface area contributed by atoms with Crippen molar-refractivity contribution in [3.63, 3.8) is 0 Å². The van der Waals surface area contributed by atoms with E-state index in [1.54, 1.807) is 23.8 Å². The normalized spacial score (nSPS) is 18.2.